The van der Waals surface area contributed by atoms with Crippen molar-refractivity contribution >= 4 is 10.0 Å². The summed E-state index contributed by atoms with van der Waals surface area (Å²) in [4.78, 5) is 9.09. The van der Waals surface area contributed by atoms with Crippen molar-refractivity contribution in [3.8, 4) is 0 Å². The third-order valence-corrected chi connectivity index (χ3v) is 5.63. The predicted octanol–water partition coefficient (Wildman–Crippen LogP) is 0.00932. The van der Waals surface area contributed by atoms with Crippen LogP contribution < -0.4 is 5.73 Å². The summed E-state index contributed by atoms with van der Waals surface area (Å²) in [6.07, 6.45) is 2.23. The number of hydrogen-bond acceptors (Lipinski definition) is 5. The Morgan fingerprint density at radius 1 is 1.38 bits per heavy atom. The number of aryl methyl sites for hydroxylation is 1. The molecule has 120 valence electrons. The van der Waals surface area contributed by atoms with Crippen molar-refractivity contribution in [2.24, 2.45) is 11.7 Å². The zero-order valence-electron chi connectivity index (χ0n) is 12.7. The number of nitrogens with two attached hydrogens (primary N) is 1. The quantitative estimate of drug-likeness (QED) is 0.798. The van der Waals surface area contributed by atoms with Crippen LogP contribution in [0.2, 0.25) is 0 Å². The van der Waals surface area contributed by atoms with Crippen LogP contribution in [0.15, 0.2) is 11.2 Å². The Balaban J connectivity index is 2.02. The molecule has 8 heteroatoms. The van der Waals surface area contributed by atoms with E-state index in [4.69, 9.17) is 5.73 Å². The Morgan fingerprint density at radius 3 is 2.76 bits per heavy atom. The number of sulfonamides is 1. The van der Waals surface area contributed by atoms with Gasteiger partial charge in [-0.25, -0.2) is 13.4 Å². The SMILES string of the molecule is Cc1ncc(S(=O)(=O)N2CCCN(CC(C)CN)CC2)[nH]1. The van der Waals surface area contributed by atoms with Gasteiger partial charge in [0.15, 0.2) is 5.03 Å². The van der Waals surface area contributed by atoms with Crippen molar-refractivity contribution in [1.29, 1.82) is 0 Å². The molecular weight excluding hydrogens is 290 g/mol. The number of hydrogen-bond donors (Lipinski definition) is 2. The van der Waals surface area contributed by atoms with Crippen molar-refractivity contribution in [3.63, 3.8) is 0 Å². The summed E-state index contributed by atoms with van der Waals surface area (Å²) < 4.78 is 26.7. The van der Waals surface area contributed by atoms with Crippen LogP contribution in [0.1, 0.15) is 19.2 Å². The molecule has 1 saturated heterocycles. The molecule has 0 amide bonds. The van der Waals surface area contributed by atoms with Gasteiger partial charge in [0.2, 0.25) is 0 Å². The van der Waals surface area contributed by atoms with Crippen LogP contribution in [0.5, 0.6) is 0 Å². The maximum Gasteiger partial charge on any atom is 0.260 e. The lowest BCUT2D eigenvalue weighted by atomic mass is 10.1. The van der Waals surface area contributed by atoms with Gasteiger partial charge in [-0.05, 0) is 32.4 Å². The van der Waals surface area contributed by atoms with Gasteiger partial charge >= 0.3 is 0 Å². The molecule has 2 rings (SSSR count). The van der Waals surface area contributed by atoms with E-state index in [1.54, 1.807) is 11.2 Å². The summed E-state index contributed by atoms with van der Waals surface area (Å²) in [5.74, 6) is 1.05. The molecule has 1 aromatic heterocycles. The van der Waals surface area contributed by atoms with Gasteiger partial charge in [0.25, 0.3) is 10.0 Å². The largest absolute Gasteiger partial charge is 0.332 e. The van der Waals surface area contributed by atoms with Crippen LogP contribution in [-0.2, 0) is 10.0 Å². The normalized spacial score (nSPS) is 20.3. The molecule has 7 nitrogen and oxygen atoms in total. The highest BCUT2D eigenvalue weighted by molar-refractivity contribution is 7.89. The molecule has 1 unspecified atom stereocenters. The van der Waals surface area contributed by atoms with E-state index in [1.165, 1.54) is 6.20 Å². The fraction of sp³-hybridized carbons (Fsp3) is 0.769. The fourth-order valence-corrected chi connectivity index (χ4v) is 3.99. The molecule has 0 saturated carbocycles. The number of imidazole rings is 1. The smallest absolute Gasteiger partial charge is 0.260 e. The summed E-state index contributed by atoms with van der Waals surface area (Å²) in [7, 11) is -3.46. The molecule has 1 atom stereocenters. The lowest BCUT2D eigenvalue weighted by Crippen LogP contribution is -2.37. The molecule has 0 radical (unpaired) electrons. The number of aromatic nitrogens is 2. The second-order valence-corrected chi connectivity index (χ2v) is 7.64. The molecule has 0 aliphatic carbocycles. The topological polar surface area (TPSA) is 95.3 Å². The van der Waals surface area contributed by atoms with Crippen molar-refractivity contribution in [1.82, 2.24) is 19.2 Å². The lowest BCUT2D eigenvalue weighted by molar-refractivity contribution is 0.250. The molecule has 1 aliphatic rings. The predicted molar refractivity (Wildman–Crippen MR) is 81.4 cm³/mol. The van der Waals surface area contributed by atoms with Gasteiger partial charge in [0, 0.05) is 26.2 Å². The third kappa shape index (κ3) is 4.03. The number of nitrogens with one attached hydrogen (secondary N) is 1. The standard InChI is InChI=1S/C13H25N5O2S/c1-11(8-14)10-17-4-3-5-18(7-6-17)21(19,20)13-9-15-12(2)16-13/h9,11H,3-8,10,14H2,1-2H3,(H,15,16). The van der Waals surface area contributed by atoms with Crippen LogP contribution in [-0.4, -0.2) is 66.9 Å². The summed E-state index contributed by atoms with van der Waals surface area (Å²) in [6.45, 7) is 8.17. The highest BCUT2D eigenvalue weighted by atomic mass is 32.2. The van der Waals surface area contributed by atoms with Crippen molar-refractivity contribution in [2.75, 3.05) is 39.3 Å². The zero-order chi connectivity index (χ0) is 15.5. The van der Waals surface area contributed by atoms with E-state index in [0.717, 1.165) is 26.1 Å². The molecule has 1 aliphatic heterocycles. The van der Waals surface area contributed by atoms with Crippen molar-refractivity contribution < 1.29 is 8.42 Å². The summed E-state index contributed by atoms with van der Waals surface area (Å²) in [5.41, 5.74) is 5.66. The Bertz CT molecular complexity index is 557. The minimum atomic E-state index is -3.46. The third-order valence-electron chi connectivity index (χ3n) is 3.82. The summed E-state index contributed by atoms with van der Waals surface area (Å²) in [6, 6.07) is 0. The van der Waals surface area contributed by atoms with E-state index in [-0.39, 0.29) is 5.03 Å². The number of rotatable bonds is 5. The fourth-order valence-electron chi connectivity index (χ4n) is 2.55. The van der Waals surface area contributed by atoms with Crippen molar-refractivity contribution in [3.05, 3.63) is 12.0 Å². The molecule has 0 spiro atoms. The van der Waals surface area contributed by atoms with Crippen LogP contribution in [0.25, 0.3) is 0 Å². The van der Waals surface area contributed by atoms with Gasteiger partial charge in [0.05, 0.1) is 6.20 Å². The number of aromatic amines is 1. The van der Waals surface area contributed by atoms with E-state index < -0.39 is 10.0 Å². The molecular formula is C13H25N5O2S. The van der Waals surface area contributed by atoms with E-state index in [9.17, 15) is 8.42 Å². The Labute approximate surface area is 126 Å². The van der Waals surface area contributed by atoms with Crippen LogP contribution in [0, 0.1) is 12.8 Å². The molecule has 2 heterocycles. The van der Waals surface area contributed by atoms with E-state index in [2.05, 4.69) is 21.8 Å². The molecule has 1 fully saturated rings. The maximum atomic E-state index is 12.6. The minimum Gasteiger partial charge on any atom is -0.332 e. The van der Waals surface area contributed by atoms with Crippen LogP contribution >= 0.6 is 0 Å². The summed E-state index contributed by atoms with van der Waals surface area (Å²) >= 11 is 0. The Kier molecular flexibility index (Phi) is 5.37. The second-order valence-electron chi connectivity index (χ2n) is 5.73. The van der Waals surface area contributed by atoms with Crippen LogP contribution in [0.4, 0.5) is 0 Å². The molecule has 0 bridgehead atoms. The minimum absolute atomic E-state index is 0.184. The molecule has 0 aromatic carbocycles. The Morgan fingerprint density at radius 2 is 2.14 bits per heavy atom. The first-order chi connectivity index (χ1) is 9.93. The summed E-state index contributed by atoms with van der Waals surface area (Å²) in [5, 5.41) is 0.184. The molecule has 1 aromatic rings. The average molecular weight is 315 g/mol. The second kappa shape index (κ2) is 6.87. The van der Waals surface area contributed by atoms with E-state index in [0.29, 0.717) is 31.4 Å². The first kappa shape index (κ1) is 16.4. The van der Waals surface area contributed by atoms with Gasteiger partial charge in [-0.2, -0.15) is 4.31 Å². The lowest BCUT2D eigenvalue weighted by Gasteiger charge is -2.23. The first-order valence-corrected chi connectivity index (χ1v) is 8.81. The van der Waals surface area contributed by atoms with E-state index >= 15 is 0 Å². The molecule has 21 heavy (non-hydrogen) atoms. The van der Waals surface area contributed by atoms with E-state index in [1.807, 2.05) is 0 Å². The maximum absolute atomic E-state index is 12.6. The number of nitrogens with zero attached hydrogens (tertiary/aromatic N) is 3. The van der Waals surface area contributed by atoms with Crippen molar-refractivity contribution in [2.45, 2.75) is 25.3 Å². The molecule has 3 N–H and O–H groups in total. The number of H-pyrrole nitrogens is 1. The zero-order valence-corrected chi connectivity index (χ0v) is 13.6. The average Bonchev–Trinajstić information content (AvgIpc) is 2.75. The van der Waals surface area contributed by atoms with Crippen LogP contribution in [0.3, 0.4) is 0 Å². The van der Waals surface area contributed by atoms with Gasteiger partial charge in [-0.15, -0.1) is 0 Å². The first-order valence-electron chi connectivity index (χ1n) is 7.37. The highest BCUT2D eigenvalue weighted by Gasteiger charge is 2.28. The van der Waals surface area contributed by atoms with Gasteiger partial charge < -0.3 is 15.6 Å². The van der Waals surface area contributed by atoms with Gasteiger partial charge in [0.1, 0.15) is 5.82 Å². The van der Waals surface area contributed by atoms with Gasteiger partial charge in [-0.3, -0.25) is 0 Å². The highest BCUT2D eigenvalue weighted by Crippen LogP contribution is 2.16. The monoisotopic (exact) mass is 315 g/mol. The Hall–Kier alpha value is -0.960. The van der Waals surface area contributed by atoms with Gasteiger partial charge in [-0.1, -0.05) is 6.92 Å².